The third kappa shape index (κ3) is 2.50. The lowest BCUT2D eigenvalue weighted by Gasteiger charge is -2.18. The van der Waals surface area contributed by atoms with Crippen molar-refractivity contribution in [1.29, 1.82) is 0 Å². The van der Waals surface area contributed by atoms with E-state index in [4.69, 9.17) is 5.73 Å². The third-order valence-corrected chi connectivity index (χ3v) is 3.94. The summed E-state index contributed by atoms with van der Waals surface area (Å²) >= 11 is 0. The smallest absolute Gasteiger partial charge is 0.253 e. The summed E-state index contributed by atoms with van der Waals surface area (Å²) in [4.78, 5) is 12.4. The van der Waals surface area contributed by atoms with E-state index in [9.17, 15) is 9.90 Å². The number of amides is 1. The maximum atomic E-state index is 12.4. The molecule has 3 rings (SSSR count). The zero-order valence-corrected chi connectivity index (χ0v) is 11.8. The van der Waals surface area contributed by atoms with Crippen LogP contribution < -0.4 is 11.1 Å². The number of benzene rings is 2. The summed E-state index contributed by atoms with van der Waals surface area (Å²) in [5, 5.41) is 13.1. The van der Waals surface area contributed by atoms with Gasteiger partial charge in [-0.3, -0.25) is 4.79 Å². The maximum absolute atomic E-state index is 12.4. The van der Waals surface area contributed by atoms with E-state index in [0.29, 0.717) is 17.7 Å². The van der Waals surface area contributed by atoms with Crippen LogP contribution in [0.3, 0.4) is 0 Å². The third-order valence-electron chi connectivity index (χ3n) is 3.94. The van der Waals surface area contributed by atoms with Crippen LogP contribution in [0.15, 0.2) is 42.5 Å². The lowest BCUT2D eigenvalue weighted by atomic mass is 10.1. The molecule has 108 valence electrons. The molecular formula is C17H18N2O2. The summed E-state index contributed by atoms with van der Waals surface area (Å²) < 4.78 is 0. The van der Waals surface area contributed by atoms with Crippen LogP contribution in [0.5, 0.6) is 0 Å². The lowest BCUT2D eigenvalue weighted by molar-refractivity contribution is 0.0859. The van der Waals surface area contributed by atoms with Gasteiger partial charge >= 0.3 is 0 Å². The second kappa shape index (κ2) is 5.22. The predicted octanol–water partition coefficient (Wildman–Crippen LogP) is 1.97. The normalized spacial score (nSPS) is 20.1. The van der Waals surface area contributed by atoms with E-state index in [0.717, 1.165) is 16.7 Å². The number of hydrogen-bond acceptors (Lipinski definition) is 3. The molecule has 2 aromatic rings. The summed E-state index contributed by atoms with van der Waals surface area (Å²) in [6.07, 6.45) is -0.0397. The molecule has 0 saturated carbocycles. The van der Waals surface area contributed by atoms with Gasteiger partial charge in [0.1, 0.15) is 0 Å². The van der Waals surface area contributed by atoms with E-state index in [1.54, 1.807) is 12.1 Å². The molecule has 0 aliphatic heterocycles. The van der Waals surface area contributed by atoms with Crippen LogP contribution in [0.1, 0.15) is 33.1 Å². The Labute approximate surface area is 123 Å². The van der Waals surface area contributed by atoms with Crippen molar-refractivity contribution in [3.05, 3.63) is 64.7 Å². The van der Waals surface area contributed by atoms with Gasteiger partial charge in [-0.15, -0.1) is 0 Å². The van der Waals surface area contributed by atoms with Crippen LogP contribution >= 0.6 is 0 Å². The van der Waals surface area contributed by atoms with Crippen molar-refractivity contribution in [2.75, 3.05) is 5.73 Å². The molecule has 4 heteroatoms. The van der Waals surface area contributed by atoms with Gasteiger partial charge < -0.3 is 16.2 Å². The summed E-state index contributed by atoms with van der Waals surface area (Å²) in [5.74, 6) is -0.253. The topological polar surface area (TPSA) is 75.4 Å². The molecule has 0 saturated heterocycles. The number of aryl methyl sites for hydroxylation is 1. The largest absolute Gasteiger partial charge is 0.398 e. The molecule has 0 spiro atoms. The molecule has 0 unspecified atom stereocenters. The van der Waals surface area contributed by atoms with Crippen molar-refractivity contribution in [3.8, 4) is 0 Å². The Morgan fingerprint density at radius 3 is 2.86 bits per heavy atom. The second-order valence-electron chi connectivity index (χ2n) is 5.51. The molecule has 2 aromatic carbocycles. The average Bonchev–Trinajstić information content (AvgIpc) is 2.78. The standard InChI is InChI=1S/C17H18N2O2/c1-10-6-7-14(18)13(8-10)17(21)19-16-12-5-3-2-4-11(12)9-15(16)20/h2-8,15-16,20H,9,18H2,1H3,(H,19,21)/t15-,16+/m0/s1. The van der Waals surface area contributed by atoms with E-state index in [1.807, 2.05) is 37.3 Å². The van der Waals surface area contributed by atoms with Crippen molar-refractivity contribution in [2.45, 2.75) is 25.5 Å². The van der Waals surface area contributed by atoms with E-state index < -0.39 is 6.10 Å². The molecule has 0 heterocycles. The number of hydrogen-bond donors (Lipinski definition) is 3. The van der Waals surface area contributed by atoms with E-state index in [1.165, 1.54) is 0 Å². The number of nitrogen functional groups attached to an aromatic ring is 1. The first-order chi connectivity index (χ1) is 10.1. The van der Waals surface area contributed by atoms with Crippen molar-refractivity contribution >= 4 is 11.6 Å². The first kappa shape index (κ1) is 13.6. The van der Waals surface area contributed by atoms with Crippen molar-refractivity contribution < 1.29 is 9.90 Å². The van der Waals surface area contributed by atoms with Gasteiger partial charge in [0.15, 0.2) is 0 Å². The number of aliphatic hydroxyl groups is 1. The Kier molecular flexibility index (Phi) is 3.39. The highest BCUT2D eigenvalue weighted by Gasteiger charge is 2.32. The highest BCUT2D eigenvalue weighted by Crippen LogP contribution is 2.31. The number of carbonyl (C=O) groups excluding carboxylic acids is 1. The van der Waals surface area contributed by atoms with Gasteiger partial charge in [-0.1, -0.05) is 35.9 Å². The van der Waals surface area contributed by atoms with E-state index in [-0.39, 0.29) is 11.9 Å². The minimum absolute atomic E-state index is 0.253. The predicted molar refractivity (Wildman–Crippen MR) is 82.0 cm³/mol. The number of anilines is 1. The molecule has 1 aliphatic rings. The van der Waals surface area contributed by atoms with E-state index >= 15 is 0 Å². The molecule has 1 aliphatic carbocycles. The van der Waals surface area contributed by atoms with Gasteiger partial charge in [-0.2, -0.15) is 0 Å². The molecular weight excluding hydrogens is 264 g/mol. The number of rotatable bonds is 2. The van der Waals surface area contributed by atoms with Gasteiger partial charge in [0, 0.05) is 12.1 Å². The molecule has 21 heavy (non-hydrogen) atoms. The highest BCUT2D eigenvalue weighted by molar-refractivity contribution is 5.99. The van der Waals surface area contributed by atoms with Crippen molar-refractivity contribution in [3.63, 3.8) is 0 Å². The Bertz CT molecular complexity index is 697. The van der Waals surface area contributed by atoms with Crippen LogP contribution in [0.25, 0.3) is 0 Å². The van der Waals surface area contributed by atoms with Crippen LogP contribution in [-0.4, -0.2) is 17.1 Å². The monoisotopic (exact) mass is 282 g/mol. The van der Waals surface area contributed by atoms with Gasteiger partial charge in [0.05, 0.1) is 17.7 Å². The number of fused-ring (bicyclic) bond motifs is 1. The molecule has 4 N–H and O–H groups in total. The summed E-state index contributed by atoms with van der Waals surface area (Å²) in [5.41, 5.74) is 9.79. The lowest BCUT2D eigenvalue weighted by Crippen LogP contribution is -2.34. The fourth-order valence-electron chi connectivity index (χ4n) is 2.83. The quantitative estimate of drug-likeness (QED) is 0.737. The summed E-state index contributed by atoms with van der Waals surface area (Å²) in [6, 6.07) is 12.7. The zero-order chi connectivity index (χ0) is 15.0. The first-order valence-corrected chi connectivity index (χ1v) is 6.99. The number of carbonyl (C=O) groups is 1. The molecule has 0 radical (unpaired) electrons. The number of nitrogens with two attached hydrogens (primary N) is 1. The van der Waals surface area contributed by atoms with Gasteiger partial charge in [-0.05, 0) is 30.2 Å². The average molecular weight is 282 g/mol. The molecule has 4 nitrogen and oxygen atoms in total. The zero-order valence-electron chi connectivity index (χ0n) is 11.8. The molecule has 1 amide bonds. The minimum atomic E-state index is -0.600. The van der Waals surface area contributed by atoms with Crippen molar-refractivity contribution in [2.24, 2.45) is 0 Å². The Morgan fingerprint density at radius 2 is 2.05 bits per heavy atom. The molecule has 0 bridgehead atoms. The van der Waals surface area contributed by atoms with Gasteiger partial charge in [0.25, 0.3) is 5.91 Å². The minimum Gasteiger partial charge on any atom is -0.398 e. The maximum Gasteiger partial charge on any atom is 0.253 e. The summed E-state index contributed by atoms with van der Waals surface area (Å²) in [7, 11) is 0. The number of nitrogens with one attached hydrogen (secondary N) is 1. The van der Waals surface area contributed by atoms with E-state index in [2.05, 4.69) is 5.32 Å². The Balaban J connectivity index is 1.87. The Hall–Kier alpha value is -2.33. The molecule has 2 atom stereocenters. The second-order valence-corrected chi connectivity index (χ2v) is 5.51. The fourth-order valence-corrected chi connectivity index (χ4v) is 2.83. The van der Waals surface area contributed by atoms with Gasteiger partial charge in [0.2, 0.25) is 0 Å². The first-order valence-electron chi connectivity index (χ1n) is 6.99. The van der Waals surface area contributed by atoms with Crippen LogP contribution in [0.4, 0.5) is 5.69 Å². The highest BCUT2D eigenvalue weighted by atomic mass is 16.3. The Morgan fingerprint density at radius 1 is 1.29 bits per heavy atom. The van der Waals surface area contributed by atoms with Crippen LogP contribution in [0, 0.1) is 6.92 Å². The van der Waals surface area contributed by atoms with Crippen molar-refractivity contribution in [1.82, 2.24) is 5.32 Å². The fraction of sp³-hybridized carbons (Fsp3) is 0.235. The van der Waals surface area contributed by atoms with Gasteiger partial charge in [-0.25, -0.2) is 0 Å². The molecule has 0 fully saturated rings. The molecule has 0 aromatic heterocycles. The summed E-state index contributed by atoms with van der Waals surface area (Å²) in [6.45, 7) is 1.91. The van der Waals surface area contributed by atoms with Crippen LogP contribution in [-0.2, 0) is 6.42 Å². The number of aliphatic hydroxyl groups excluding tert-OH is 1. The SMILES string of the molecule is Cc1ccc(N)c(C(=O)N[C@@H]2c3ccccc3C[C@@H]2O)c1. The van der Waals surface area contributed by atoms with Crippen LogP contribution in [0.2, 0.25) is 0 Å².